The second-order valence-corrected chi connectivity index (χ2v) is 7.25. The van der Waals surface area contributed by atoms with Gasteiger partial charge in [0.05, 0.1) is 19.1 Å². The smallest absolute Gasteiger partial charge is 0.238 e. The van der Waals surface area contributed by atoms with Crippen LogP contribution < -0.4 is 14.6 Å². The van der Waals surface area contributed by atoms with E-state index < -0.39 is 10.0 Å². The highest BCUT2D eigenvalue weighted by Crippen LogP contribution is 2.37. The van der Waals surface area contributed by atoms with Gasteiger partial charge in [-0.05, 0) is 46.5 Å². The van der Waals surface area contributed by atoms with Crippen LogP contribution in [0.15, 0.2) is 71.6 Å². The molecule has 0 heterocycles. The Morgan fingerprint density at radius 1 is 0.731 bits per heavy atom. The van der Waals surface area contributed by atoms with E-state index in [1.807, 2.05) is 42.5 Å². The standard InChI is InChI=1S/C20H19NO4S/c1-24-19-12-9-15(13-20(19)25-2)18-6-4-3-5-17(18)14-7-10-16(11-8-14)26(21,22)23/h3-13H,1-2H3,(H2,21,22,23). The zero-order chi connectivity index (χ0) is 18.7. The van der Waals surface area contributed by atoms with Gasteiger partial charge in [-0.25, -0.2) is 13.6 Å². The van der Waals surface area contributed by atoms with Crippen molar-refractivity contribution in [1.29, 1.82) is 0 Å². The Morgan fingerprint density at radius 3 is 1.81 bits per heavy atom. The highest BCUT2D eigenvalue weighted by molar-refractivity contribution is 7.89. The van der Waals surface area contributed by atoms with Gasteiger partial charge in [0.2, 0.25) is 10.0 Å². The summed E-state index contributed by atoms with van der Waals surface area (Å²) in [4.78, 5) is 0.0878. The van der Waals surface area contributed by atoms with Crippen molar-refractivity contribution in [1.82, 2.24) is 0 Å². The molecule has 3 rings (SSSR count). The Hall–Kier alpha value is -2.83. The number of sulfonamides is 1. The zero-order valence-corrected chi connectivity index (χ0v) is 15.3. The number of hydrogen-bond donors (Lipinski definition) is 1. The lowest BCUT2D eigenvalue weighted by atomic mass is 9.94. The van der Waals surface area contributed by atoms with Gasteiger partial charge in [0.1, 0.15) is 0 Å². The number of nitrogens with two attached hydrogens (primary N) is 1. The molecule has 0 saturated heterocycles. The maximum absolute atomic E-state index is 11.5. The van der Waals surface area contributed by atoms with E-state index in [-0.39, 0.29) is 4.90 Å². The first-order valence-corrected chi connectivity index (χ1v) is 9.43. The van der Waals surface area contributed by atoms with Crippen LogP contribution in [0.4, 0.5) is 0 Å². The van der Waals surface area contributed by atoms with E-state index in [0.717, 1.165) is 22.3 Å². The molecule has 0 bridgehead atoms. The number of ether oxygens (including phenoxy) is 2. The molecule has 3 aromatic rings. The van der Waals surface area contributed by atoms with Crippen LogP contribution in [0.5, 0.6) is 11.5 Å². The van der Waals surface area contributed by atoms with Crippen LogP contribution in [0, 0.1) is 0 Å². The number of primary sulfonamides is 1. The van der Waals surface area contributed by atoms with Gasteiger partial charge in [0, 0.05) is 0 Å². The Morgan fingerprint density at radius 2 is 1.27 bits per heavy atom. The first-order valence-electron chi connectivity index (χ1n) is 7.88. The molecular weight excluding hydrogens is 350 g/mol. The van der Waals surface area contributed by atoms with Crippen molar-refractivity contribution in [3.63, 3.8) is 0 Å². The second kappa shape index (κ2) is 7.19. The van der Waals surface area contributed by atoms with Crippen molar-refractivity contribution in [2.24, 2.45) is 5.14 Å². The lowest BCUT2D eigenvalue weighted by Crippen LogP contribution is -2.11. The number of hydrogen-bond acceptors (Lipinski definition) is 4. The van der Waals surface area contributed by atoms with Crippen LogP contribution in [-0.2, 0) is 10.0 Å². The van der Waals surface area contributed by atoms with Gasteiger partial charge in [-0.1, -0.05) is 42.5 Å². The van der Waals surface area contributed by atoms with E-state index >= 15 is 0 Å². The van der Waals surface area contributed by atoms with Gasteiger partial charge in [0.15, 0.2) is 11.5 Å². The maximum Gasteiger partial charge on any atom is 0.238 e. The molecular formula is C20H19NO4S. The largest absolute Gasteiger partial charge is 0.493 e. The van der Waals surface area contributed by atoms with Crippen LogP contribution in [0.2, 0.25) is 0 Å². The molecule has 0 radical (unpaired) electrons. The fourth-order valence-corrected chi connectivity index (χ4v) is 3.33. The number of rotatable bonds is 5. The summed E-state index contributed by atoms with van der Waals surface area (Å²) in [6.45, 7) is 0. The second-order valence-electron chi connectivity index (χ2n) is 5.68. The monoisotopic (exact) mass is 369 g/mol. The Bertz CT molecular complexity index is 1030. The summed E-state index contributed by atoms with van der Waals surface area (Å²) in [6, 6.07) is 20.1. The number of methoxy groups -OCH3 is 2. The Balaban J connectivity index is 2.10. The fraction of sp³-hybridized carbons (Fsp3) is 0.100. The summed E-state index contributed by atoms with van der Waals surface area (Å²) in [7, 11) is -0.519. The van der Waals surface area contributed by atoms with Crippen LogP contribution in [0.25, 0.3) is 22.3 Å². The molecule has 0 aliphatic heterocycles. The topological polar surface area (TPSA) is 78.6 Å². The Labute approximate surface area is 153 Å². The van der Waals surface area contributed by atoms with Crippen LogP contribution in [0.1, 0.15) is 0 Å². The third kappa shape index (κ3) is 3.56. The van der Waals surface area contributed by atoms with Gasteiger partial charge < -0.3 is 9.47 Å². The average Bonchev–Trinajstić information content (AvgIpc) is 2.67. The number of benzene rings is 3. The van der Waals surface area contributed by atoms with Gasteiger partial charge in [-0.2, -0.15) is 0 Å². The minimum atomic E-state index is -3.71. The lowest BCUT2D eigenvalue weighted by Gasteiger charge is -2.13. The molecule has 26 heavy (non-hydrogen) atoms. The summed E-state index contributed by atoms with van der Waals surface area (Å²) in [5.41, 5.74) is 3.83. The predicted molar refractivity (Wildman–Crippen MR) is 102 cm³/mol. The molecule has 0 saturated carbocycles. The molecule has 0 aliphatic carbocycles. The summed E-state index contributed by atoms with van der Waals surface area (Å²) in [6.07, 6.45) is 0. The summed E-state index contributed by atoms with van der Waals surface area (Å²) < 4.78 is 33.6. The van der Waals surface area contributed by atoms with Gasteiger partial charge in [-0.15, -0.1) is 0 Å². The first-order chi connectivity index (χ1) is 12.4. The van der Waals surface area contributed by atoms with Crippen molar-refractivity contribution in [2.45, 2.75) is 4.90 Å². The van der Waals surface area contributed by atoms with Crippen LogP contribution in [-0.4, -0.2) is 22.6 Å². The molecule has 0 amide bonds. The Kier molecular flexibility index (Phi) is 4.97. The molecule has 0 fully saturated rings. The average molecular weight is 369 g/mol. The van der Waals surface area contributed by atoms with E-state index in [0.29, 0.717) is 11.5 Å². The SMILES string of the molecule is COc1ccc(-c2ccccc2-c2ccc(S(N)(=O)=O)cc2)cc1OC. The summed E-state index contributed by atoms with van der Waals surface area (Å²) in [5, 5.41) is 5.17. The van der Waals surface area contributed by atoms with Crippen molar-refractivity contribution in [2.75, 3.05) is 14.2 Å². The van der Waals surface area contributed by atoms with Gasteiger partial charge >= 0.3 is 0 Å². The predicted octanol–water partition coefficient (Wildman–Crippen LogP) is 3.69. The minimum Gasteiger partial charge on any atom is -0.493 e. The molecule has 2 N–H and O–H groups in total. The van der Waals surface area contributed by atoms with Gasteiger partial charge in [-0.3, -0.25) is 0 Å². The lowest BCUT2D eigenvalue weighted by molar-refractivity contribution is 0.355. The molecule has 0 unspecified atom stereocenters. The molecule has 0 atom stereocenters. The zero-order valence-electron chi connectivity index (χ0n) is 14.5. The van der Waals surface area contributed by atoms with E-state index in [4.69, 9.17) is 14.6 Å². The molecule has 0 aliphatic rings. The van der Waals surface area contributed by atoms with E-state index in [1.165, 1.54) is 12.1 Å². The van der Waals surface area contributed by atoms with E-state index in [9.17, 15) is 8.42 Å². The van der Waals surface area contributed by atoms with Crippen LogP contribution >= 0.6 is 0 Å². The van der Waals surface area contributed by atoms with E-state index in [1.54, 1.807) is 26.4 Å². The third-order valence-electron chi connectivity index (χ3n) is 4.12. The van der Waals surface area contributed by atoms with Crippen molar-refractivity contribution < 1.29 is 17.9 Å². The van der Waals surface area contributed by atoms with Crippen molar-refractivity contribution >= 4 is 10.0 Å². The molecule has 3 aromatic carbocycles. The normalized spacial score (nSPS) is 11.2. The van der Waals surface area contributed by atoms with Crippen molar-refractivity contribution in [3.8, 4) is 33.8 Å². The first kappa shape index (κ1) is 18.0. The molecule has 6 heteroatoms. The molecule has 134 valence electrons. The molecule has 5 nitrogen and oxygen atoms in total. The third-order valence-corrected chi connectivity index (χ3v) is 5.04. The van der Waals surface area contributed by atoms with Crippen molar-refractivity contribution in [3.05, 3.63) is 66.7 Å². The molecule has 0 aromatic heterocycles. The van der Waals surface area contributed by atoms with Gasteiger partial charge in [0.25, 0.3) is 0 Å². The highest BCUT2D eigenvalue weighted by Gasteiger charge is 2.12. The van der Waals surface area contributed by atoms with Crippen LogP contribution in [0.3, 0.4) is 0 Å². The molecule has 0 spiro atoms. The maximum atomic E-state index is 11.5. The highest BCUT2D eigenvalue weighted by atomic mass is 32.2. The summed E-state index contributed by atoms with van der Waals surface area (Å²) >= 11 is 0. The fourth-order valence-electron chi connectivity index (χ4n) is 2.81. The minimum absolute atomic E-state index is 0.0878. The summed E-state index contributed by atoms with van der Waals surface area (Å²) in [5.74, 6) is 1.30. The quantitative estimate of drug-likeness (QED) is 0.744. The van der Waals surface area contributed by atoms with E-state index in [2.05, 4.69) is 0 Å².